The average Bonchev–Trinajstić information content (AvgIpc) is 3.07. The van der Waals surface area contributed by atoms with E-state index in [-0.39, 0.29) is 6.03 Å². The van der Waals surface area contributed by atoms with Gasteiger partial charge in [0.2, 0.25) is 0 Å². The molecule has 136 valence electrons. The molecule has 1 atom stereocenters. The van der Waals surface area contributed by atoms with E-state index >= 15 is 0 Å². The minimum absolute atomic E-state index is 0.262. The number of esters is 1. The summed E-state index contributed by atoms with van der Waals surface area (Å²) in [6.07, 6.45) is 3.56. The summed E-state index contributed by atoms with van der Waals surface area (Å²) in [6, 6.07) is 8.57. The van der Waals surface area contributed by atoms with E-state index in [4.69, 9.17) is 4.74 Å². The van der Waals surface area contributed by atoms with E-state index in [2.05, 4.69) is 10.3 Å². The third-order valence-corrected chi connectivity index (χ3v) is 5.30. The molecule has 0 spiro atoms. The van der Waals surface area contributed by atoms with Gasteiger partial charge in [0.25, 0.3) is 0 Å². The predicted molar refractivity (Wildman–Crippen MR) is 98.5 cm³/mol. The van der Waals surface area contributed by atoms with Crippen molar-refractivity contribution in [1.29, 1.82) is 0 Å². The Bertz CT molecular complexity index is 847. The summed E-state index contributed by atoms with van der Waals surface area (Å²) < 4.78 is 6.90. The smallest absolute Gasteiger partial charge is 0.338 e. The first-order chi connectivity index (χ1) is 12.5. The number of aromatic nitrogens is 2. The number of thioether (sulfide) groups is 1. The lowest BCUT2D eigenvalue weighted by atomic mass is 9.95. The van der Waals surface area contributed by atoms with Gasteiger partial charge in [-0.25, -0.2) is 14.6 Å². The zero-order valence-corrected chi connectivity index (χ0v) is 15.6. The van der Waals surface area contributed by atoms with E-state index in [1.54, 1.807) is 13.2 Å². The Kier molecular flexibility index (Phi) is 5.32. The third kappa shape index (κ3) is 3.45. The summed E-state index contributed by atoms with van der Waals surface area (Å²) in [5.74, 6) is -0.0381. The lowest BCUT2D eigenvalue weighted by Crippen LogP contribution is -2.47. The lowest BCUT2D eigenvalue weighted by Gasteiger charge is -2.34. The minimum Gasteiger partial charge on any atom is -0.466 e. The van der Waals surface area contributed by atoms with Crippen LogP contribution in [0.25, 0.3) is 0 Å². The number of ether oxygens (including phenoxy) is 1. The maximum atomic E-state index is 12.6. The number of methoxy groups -OCH3 is 1. The fourth-order valence-corrected chi connectivity index (χ4v) is 3.82. The number of hydrogen-bond donors (Lipinski definition) is 1. The number of benzene rings is 1. The minimum atomic E-state index is -0.552. The number of urea groups is 1. The highest BCUT2D eigenvalue weighted by atomic mass is 32.2. The van der Waals surface area contributed by atoms with Crippen molar-refractivity contribution in [3.63, 3.8) is 0 Å². The van der Waals surface area contributed by atoms with Crippen LogP contribution in [-0.4, -0.2) is 46.4 Å². The van der Waals surface area contributed by atoms with Gasteiger partial charge in [-0.05, 0) is 5.56 Å². The Balaban J connectivity index is 2.02. The van der Waals surface area contributed by atoms with Gasteiger partial charge < -0.3 is 14.6 Å². The monoisotopic (exact) mass is 372 g/mol. The molecule has 1 aromatic heterocycles. The van der Waals surface area contributed by atoms with Crippen LogP contribution in [0.3, 0.4) is 0 Å². The zero-order valence-electron chi connectivity index (χ0n) is 14.8. The van der Waals surface area contributed by atoms with Crippen LogP contribution in [0.15, 0.2) is 59.2 Å². The summed E-state index contributed by atoms with van der Waals surface area (Å²) in [5, 5.41) is 3.68. The molecule has 1 N–H and O–H groups in total. The molecule has 0 saturated heterocycles. The van der Waals surface area contributed by atoms with E-state index < -0.39 is 12.0 Å². The van der Waals surface area contributed by atoms with Gasteiger partial charge in [0.1, 0.15) is 0 Å². The third-order valence-electron chi connectivity index (χ3n) is 4.23. The average molecular weight is 372 g/mol. The van der Waals surface area contributed by atoms with Gasteiger partial charge >= 0.3 is 12.0 Å². The molecule has 1 aliphatic heterocycles. The van der Waals surface area contributed by atoms with Crippen LogP contribution in [-0.2, 0) is 16.6 Å². The van der Waals surface area contributed by atoms with E-state index in [9.17, 15) is 9.59 Å². The molecule has 2 amide bonds. The van der Waals surface area contributed by atoms with Crippen LogP contribution < -0.4 is 5.32 Å². The Morgan fingerprint density at radius 2 is 2.04 bits per heavy atom. The SMILES string of the molecule is COC(=O)C1=C(CSc2nccn2C)N(C)C(=O)N[C@@H]1c1ccccc1. The summed E-state index contributed by atoms with van der Waals surface area (Å²) in [5.41, 5.74) is 1.87. The molecule has 26 heavy (non-hydrogen) atoms. The molecular weight excluding hydrogens is 352 g/mol. The largest absolute Gasteiger partial charge is 0.466 e. The number of carbonyl (C=O) groups excluding carboxylic acids is 2. The van der Waals surface area contributed by atoms with Crippen molar-refractivity contribution in [2.24, 2.45) is 7.05 Å². The second-order valence-electron chi connectivity index (χ2n) is 5.81. The van der Waals surface area contributed by atoms with E-state index in [0.717, 1.165) is 10.7 Å². The molecule has 0 fully saturated rings. The molecule has 0 saturated carbocycles. The quantitative estimate of drug-likeness (QED) is 0.644. The topological polar surface area (TPSA) is 76.5 Å². The molecule has 8 heteroatoms. The zero-order chi connectivity index (χ0) is 18.7. The lowest BCUT2D eigenvalue weighted by molar-refractivity contribution is -0.136. The first-order valence-electron chi connectivity index (χ1n) is 8.03. The summed E-state index contributed by atoms with van der Waals surface area (Å²) in [6.45, 7) is 0. The van der Waals surface area contributed by atoms with Crippen LogP contribution in [0.4, 0.5) is 4.79 Å². The number of amides is 2. The fourth-order valence-electron chi connectivity index (χ4n) is 2.80. The highest BCUT2D eigenvalue weighted by Crippen LogP contribution is 2.33. The fraction of sp³-hybridized carbons (Fsp3) is 0.278. The molecule has 2 aromatic rings. The van der Waals surface area contributed by atoms with Gasteiger partial charge in [0.05, 0.1) is 18.7 Å². The van der Waals surface area contributed by atoms with Crippen molar-refractivity contribution in [3.8, 4) is 0 Å². The Hall–Kier alpha value is -2.74. The molecule has 3 rings (SSSR count). The van der Waals surface area contributed by atoms with Gasteiger partial charge in [0, 0.05) is 37.9 Å². The number of nitrogens with zero attached hydrogens (tertiary/aromatic N) is 3. The van der Waals surface area contributed by atoms with Gasteiger partial charge in [-0.2, -0.15) is 0 Å². The predicted octanol–water partition coefficient (Wildman–Crippen LogP) is 2.34. The normalized spacial score (nSPS) is 17.3. The number of aryl methyl sites for hydroxylation is 1. The summed E-state index contributed by atoms with van der Waals surface area (Å²) >= 11 is 1.46. The van der Waals surface area contributed by atoms with Crippen molar-refractivity contribution in [3.05, 3.63) is 59.6 Å². The second-order valence-corrected chi connectivity index (χ2v) is 6.76. The van der Waals surface area contributed by atoms with Gasteiger partial charge in [-0.3, -0.25) is 4.90 Å². The highest BCUT2D eigenvalue weighted by molar-refractivity contribution is 7.99. The Morgan fingerprint density at radius 3 is 2.65 bits per heavy atom. The van der Waals surface area contributed by atoms with Crippen molar-refractivity contribution in [2.75, 3.05) is 19.9 Å². The number of carbonyl (C=O) groups is 2. The highest BCUT2D eigenvalue weighted by Gasteiger charge is 2.36. The Labute approximate surface area is 156 Å². The van der Waals surface area contributed by atoms with Crippen LogP contribution in [0, 0.1) is 0 Å². The van der Waals surface area contributed by atoms with Gasteiger partial charge in [-0.1, -0.05) is 42.1 Å². The number of imidazole rings is 1. The number of hydrogen-bond acceptors (Lipinski definition) is 5. The van der Waals surface area contributed by atoms with E-state index in [1.807, 2.05) is 48.1 Å². The second kappa shape index (κ2) is 7.65. The van der Waals surface area contributed by atoms with E-state index in [1.165, 1.54) is 23.8 Å². The van der Waals surface area contributed by atoms with Crippen molar-refractivity contribution in [2.45, 2.75) is 11.2 Å². The van der Waals surface area contributed by atoms with Gasteiger partial charge in [-0.15, -0.1) is 0 Å². The maximum absolute atomic E-state index is 12.6. The van der Waals surface area contributed by atoms with E-state index in [0.29, 0.717) is 17.0 Å². The molecule has 0 aliphatic carbocycles. The maximum Gasteiger partial charge on any atom is 0.338 e. The van der Waals surface area contributed by atoms with Gasteiger partial charge in [0.15, 0.2) is 5.16 Å². The molecule has 7 nitrogen and oxygen atoms in total. The molecule has 0 bridgehead atoms. The molecule has 2 heterocycles. The Morgan fingerprint density at radius 1 is 1.31 bits per heavy atom. The summed E-state index contributed by atoms with van der Waals surface area (Å²) in [7, 11) is 4.89. The number of nitrogens with one attached hydrogen (secondary N) is 1. The molecule has 0 radical (unpaired) electrons. The van der Waals surface area contributed by atoms with Crippen molar-refractivity contribution >= 4 is 23.8 Å². The molecule has 1 aliphatic rings. The van der Waals surface area contributed by atoms with Crippen LogP contribution in [0.5, 0.6) is 0 Å². The first-order valence-corrected chi connectivity index (χ1v) is 9.02. The van der Waals surface area contributed by atoms with Crippen LogP contribution in [0.2, 0.25) is 0 Å². The first kappa shape index (κ1) is 18.1. The van der Waals surface area contributed by atoms with Crippen LogP contribution >= 0.6 is 11.8 Å². The molecule has 0 unspecified atom stereocenters. The standard InChI is InChI=1S/C18H20N4O3S/c1-21-10-9-19-18(21)26-11-13-14(16(23)25-3)15(20-17(24)22(13)2)12-7-5-4-6-8-12/h4-10,15H,11H2,1-3H3,(H,20,24)/t15-/m1/s1. The molecular formula is C18H20N4O3S. The molecule has 1 aromatic carbocycles. The van der Waals surface area contributed by atoms with Crippen molar-refractivity contribution in [1.82, 2.24) is 19.8 Å². The number of rotatable bonds is 5. The summed E-state index contributed by atoms with van der Waals surface area (Å²) in [4.78, 5) is 30.8. The van der Waals surface area contributed by atoms with Crippen LogP contribution in [0.1, 0.15) is 11.6 Å². The van der Waals surface area contributed by atoms with Crippen molar-refractivity contribution < 1.29 is 14.3 Å².